The lowest BCUT2D eigenvalue weighted by atomic mass is 10.1. The summed E-state index contributed by atoms with van der Waals surface area (Å²) < 4.78 is 5.25. The van der Waals surface area contributed by atoms with E-state index in [0.717, 1.165) is 13.1 Å². The molecule has 1 saturated heterocycles. The van der Waals surface area contributed by atoms with Crippen LogP contribution in [-0.2, 0) is 0 Å². The van der Waals surface area contributed by atoms with Gasteiger partial charge in [0, 0.05) is 13.1 Å². The van der Waals surface area contributed by atoms with Gasteiger partial charge in [-0.15, -0.1) is 0 Å². The van der Waals surface area contributed by atoms with Gasteiger partial charge in [-0.05, 0) is 23.9 Å². The first-order chi connectivity index (χ1) is 8.18. The van der Waals surface area contributed by atoms with Gasteiger partial charge in [0.1, 0.15) is 0 Å². The highest BCUT2D eigenvalue weighted by Crippen LogP contribution is 2.21. The van der Waals surface area contributed by atoms with Gasteiger partial charge in [0.25, 0.3) is 5.95 Å². The summed E-state index contributed by atoms with van der Waals surface area (Å²) in [5, 5.41) is 4.04. The summed E-state index contributed by atoms with van der Waals surface area (Å²) >= 11 is 0. The van der Waals surface area contributed by atoms with Crippen molar-refractivity contribution in [2.24, 2.45) is 11.7 Å². The largest absolute Gasteiger partial charge is 0.338 e. The first-order valence-electron chi connectivity index (χ1n) is 6.52. The molecule has 2 rings (SSSR count). The molecule has 1 aliphatic rings. The zero-order valence-corrected chi connectivity index (χ0v) is 10.7. The summed E-state index contributed by atoms with van der Waals surface area (Å²) in [4.78, 5) is 6.62. The van der Waals surface area contributed by atoms with Crippen molar-refractivity contribution in [3.8, 4) is 0 Å². The molecule has 0 aliphatic carbocycles. The molecule has 17 heavy (non-hydrogen) atoms. The first kappa shape index (κ1) is 12.4. The number of rotatable bonds is 3. The monoisotopic (exact) mass is 238 g/mol. The summed E-state index contributed by atoms with van der Waals surface area (Å²) in [6.07, 6.45) is 5.01. The van der Waals surface area contributed by atoms with Crippen LogP contribution >= 0.6 is 0 Å². The SMILES string of the molecule is CC(C)[C@H](N)c1nc(N2CCCCCC2)no1. The average molecular weight is 238 g/mol. The Morgan fingerprint density at radius 2 is 1.82 bits per heavy atom. The third-order valence-electron chi connectivity index (χ3n) is 3.32. The van der Waals surface area contributed by atoms with Crippen molar-refractivity contribution in [1.82, 2.24) is 10.1 Å². The van der Waals surface area contributed by atoms with E-state index in [9.17, 15) is 0 Å². The first-order valence-corrected chi connectivity index (χ1v) is 6.52. The van der Waals surface area contributed by atoms with Gasteiger partial charge in [-0.1, -0.05) is 26.7 Å². The topological polar surface area (TPSA) is 68.2 Å². The second kappa shape index (κ2) is 5.49. The van der Waals surface area contributed by atoms with Crippen LogP contribution in [0.4, 0.5) is 5.95 Å². The van der Waals surface area contributed by atoms with E-state index in [1.54, 1.807) is 0 Å². The minimum absolute atomic E-state index is 0.164. The highest BCUT2D eigenvalue weighted by atomic mass is 16.5. The fraction of sp³-hybridized carbons (Fsp3) is 0.833. The van der Waals surface area contributed by atoms with Crippen molar-refractivity contribution in [3.05, 3.63) is 5.89 Å². The Bertz CT molecular complexity index is 342. The molecule has 1 aliphatic heterocycles. The van der Waals surface area contributed by atoms with E-state index < -0.39 is 0 Å². The Labute approximate surface area is 102 Å². The van der Waals surface area contributed by atoms with Gasteiger partial charge in [0.2, 0.25) is 5.89 Å². The van der Waals surface area contributed by atoms with Crippen molar-refractivity contribution in [2.75, 3.05) is 18.0 Å². The van der Waals surface area contributed by atoms with Crippen LogP contribution in [0.1, 0.15) is 51.5 Å². The Hall–Kier alpha value is -1.10. The zero-order valence-electron chi connectivity index (χ0n) is 10.7. The molecule has 96 valence electrons. The maximum absolute atomic E-state index is 6.00. The number of aromatic nitrogens is 2. The highest BCUT2D eigenvalue weighted by molar-refractivity contribution is 5.28. The van der Waals surface area contributed by atoms with E-state index in [0.29, 0.717) is 17.8 Å². The van der Waals surface area contributed by atoms with Gasteiger partial charge in [0.15, 0.2) is 0 Å². The van der Waals surface area contributed by atoms with Crippen LogP contribution in [-0.4, -0.2) is 23.2 Å². The van der Waals surface area contributed by atoms with Crippen LogP contribution in [0, 0.1) is 5.92 Å². The molecular formula is C12H22N4O. The Morgan fingerprint density at radius 3 is 2.41 bits per heavy atom. The minimum atomic E-state index is -0.164. The van der Waals surface area contributed by atoms with E-state index >= 15 is 0 Å². The molecular weight excluding hydrogens is 216 g/mol. The third kappa shape index (κ3) is 2.97. The lowest BCUT2D eigenvalue weighted by molar-refractivity contribution is 0.324. The number of hydrogen-bond acceptors (Lipinski definition) is 5. The Morgan fingerprint density at radius 1 is 1.18 bits per heavy atom. The smallest absolute Gasteiger partial charge is 0.266 e. The van der Waals surface area contributed by atoms with E-state index in [2.05, 4.69) is 28.9 Å². The molecule has 2 N–H and O–H groups in total. The summed E-state index contributed by atoms with van der Waals surface area (Å²) in [5.74, 6) is 1.57. The molecule has 5 heteroatoms. The summed E-state index contributed by atoms with van der Waals surface area (Å²) in [6, 6.07) is -0.164. The molecule has 1 fully saturated rings. The van der Waals surface area contributed by atoms with Crippen molar-refractivity contribution in [2.45, 2.75) is 45.6 Å². The quantitative estimate of drug-likeness (QED) is 0.873. The molecule has 0 saturated carbocycles. The van der Waals surface area contributed by atoms with Gasteiger partial charge in [-0.25, -0.2) is 0 Å². The number of hydrogen-bond donors (Lipinski definition) is 1. The van der Waals surface area contributed by atoms with Gasteiger partial charge in [0.05, 0.1) is 6.04 Å². The molecule has 0 amide bonds. The van der Waals surface area contributed by atoms with Crippen molar-refractivity contribution in [3.63, 3.8) is 0 Å². The van der Waals surface area contributed by atoms with Crippen LogP contribution in [0.15, 0.2) is 4.52 Å². The molecule has 0 bridgehead atoms. The molecule has 5 nitrogen and oxygen atoms in total. The minimum Gasteiger partial charge on any atom is -0.338 e. The third-order valence-corrected chi connectivity index (χ3v) is 3.32. The molecule has 2 heterocycles. The van der Waals surface area contributed by atoms with Gasteiger partial charge < -0.3 is 15.2 Å². The molecule has 0 radical (unpaired) electrons. The van der Waals surface area contributed by atoms with Crippen molar-refractivity contribution < 1.29 is 4.52 Å². The maximum Gasteiger partial charge on any atom is 0.266 e. The van der Waals surface area contributed by atoms with Gasteiger partial charge in [-0.3, -0.25) is 0 Å². The van der Waals surface area contributed by atoms with E-state index in [4.69, 9.17) is 10.3 Å². The van der Waals surface area contributed by atoms with Crippen LogP contribution in [0.2, 0.25) is 0 Å². The summed E-state index contributed by atoms with van der Waals surface area (Å²) in [6.45, 7) is 6.16. The fourth-order valence-corrected chi connectivity index (χ4v) is 2.05. The summed E-state index contributed by atoms with van der Waals surface area (Å²) in [5.41, 5.74) is 6.00. The number of nitrogens with two attached hydrogens (primary N) is 1. The molecule has 1 atom stereocenters. The normalized spacial score (nSPS) is 19.4. The predicted octanol–water partition coefficient (Wildman–Crippen LogP) is 2.11. The molecule has 1 aromatic rings. The maximum atomic E-state index is 6.00. The highest BCUT2D eigenvalue weighted by Gasteiger charge is 2.21. The molecule has 0 aromatic carbocycles. The summed E-state index contributed by atoms with van der Waals surface area (Å²) in [7, 11) is 0. The van der Waals surface area contributed by atoms with Gasteiger partial charge in [-0.2, -0.15) is 4.98 Å². The predicted molar refractivity (Wildman–Crippen MR) is 66.7 cm³/mol. The van der Waals surface area contributed by atoms with Crippen LogP contribution < -0.4 is 10.6 Å². The van der Waals surface area contributed by atoms with Crippen LogP contribution in [0.3, 0.4) is 0 Å². The Kier molecular flexibility index (Phi) is 3.99. The van der Waals surface area contributed by atoms with Crippen LogP contribution in [0.25, 0.3) is 0 Å². The number of anilines is 1. The average Bonchev–Trinajstić information content (AvgIpc) is 2.64. The zero-order chi connectivity index (χ0) is 12.3. The molecule has 0 spiro atoms. The van der Waals surface area contributed by atoms with Gasteiger partial charge >= 0.3 is 0 Å². The second-order valence-corrected chi connectivity index (χ2v) is 5.10. The lowest BCUT2D eigenvalue weighted by Gasteiger charge is -2.16. The molecule has 0 unspecified atom stereocenters. The van der Waals surface area contributed by atoms with Crippen molar-refractivity contribution >= 4 is 5.95 Å². The Balaban J connectivity index is 2.06. The van der Waals surface area contributed by atoms with Crippen molar-refractivity contribution in [1.29, 1.82) is 0 Å². The lowest BCUT2D eigenvalue weighted by Crippen LogP contribution is -2.25. The second-order valence-electron chi connectivity index (χ2n) is 5.10. The number of nitrogens with zero attached hydrogens (tertiary/aromatic N) is 3. The van der Waals surface area contributed by atoms with E-state index in [1.807, 2.05) is 0 Å². The fourth-order valence-electron chi connectivity index (χ4n) is 2.05. The van der Waals surface area contributed by atoms with Crippen LogP contribution in [0.5, 0.6) is 0 Å². The van der Waals surface area contributed by atoms with E-state index in [-0.39, 0.29) is 6.04 Å². The molecule has 1 aromatic heterocycles. The standard InChI is InChI=1S/C12H22N4O/c1-9(2)10(13)11-14-12(15-17-11)16-7-5-3-4-6-8-16/h9-10H,3-8,13H2,1-2H3/t10-/m0/s1. The van der Waals surface area contributed by atoms with E-state index in [1.165, 1.54) is 25.7 Å².